The maximum absolute atomic E-state index is 12.3. The fraction of sp³-hybridized carbons (Fsp3) is 0.429. The highest BCUT2D eigenvalue weighted by molar-refractivity contribution is 8.00. The van der Waals surface area contributed by atoms with Crippen molar-refractivity contribution in [2.45, 2.75) is 23.6 Å². The number of thioether (sulfide) groups is 1. The van der Waals surface area contributed by atoms with E-state index in [-0.39, 0.29) is 36.3 Å². The second-order valence-electron chi connectivity index (χ2n) is 4.94. The predicted molar refractivity (Wildman–Crippen MR) is 76.0 cm³/mol. The number of hydrogen-bond acceptors (Lipinski definition) is 3. The molecule has 1 aromatic rings. The molecule has 120 valence electrons. The van der Waals surface area contributed by atoms with Crippen molar-refractivity contribution in [2.75, 3.05) is 13.1 Å². The summed E-state index contributed by atoms with van der Waals surface area (Å²) in [7, 11) is 0. The number of alkyl halides is 3. The van der Waals surface area contributed by atoms with E-state index < -0.39 is 16.7 Å². The molecule has 0 radical (unpaired) electrons. The van der Waals surface area contributed by atoms with Crippen molar-refractivity contribution >= 4 is 23.6 Å². The van der Waals surface area contributed by atoms with Crippen molar-refractivity contribution in [1.29, 1.82) is 0 Å². The zero-order valence-corrected chi connectivity index (χ0v) is 12.3. The van der Waals surface area contributed by atoms with Crippen molar-refractivity contribution in [1.82, 2.24) is 4.90 Å². The Morgan fingerprint density at radius 3 is 2.05 bits per heavy atom. The first-order chi connectivity index (χ1) is 10.3. The number of carboxylic acid groups (broad SMARTS) is 1. The van der Waals surface area contributed by atoms with Gasteiger partial charge >= 0.3 is 11.5 Å². The molecule has 0 aromatic heterocycles. The molecule has 1 aliphatic rings. The monoisotopic (exact) mass is 333 g/mol. The third kappa shape index (κ3) is 4.40. The highest BCUT2D eigenvalue weighted by Gasteiger charge is 2.35. The Hall–Kier alpha value is -1.70. The molecule has 8 heteroatoms. The van der Waals surface area contributed by atoms with Crippen LogP contribution in [0.5, 0.6) is 0 Å². The van der Waals surface area contributed by atoms with Crippen LogP contribution in [-0.4, -0.2) is 45.7 Å². The van der Waals surface area contributed by atoms with Gasteiger partial charge in [-0.15, -0.1) is 0 Å². The van der Waals surface area contributed by atoms with Gasteiger partial charge in [-0.05, 0) is 48.9 Å². The summed E-state index contributed by atoms with van der Waals surface area (Å²) in [6.07, 6.45) is 0.590. The van der Waals surface area contributed by atoms with Crippen molar-refractivity contribution in [3.8, 4) is 0 Å². The summed E-state index contributed by atoms with van der Waals surface area (Å²) in [5, 5.41) is 8.28. The quantitative estimate of drug-likeness (QED) is 0.922. The average Bonchev–Trinajstić information content (AvgIpc) is 2.46. The van der Waals surface area contributed by atoms with Gasteiger partial charge in [-0.2, -0.15) is 13.2 Å². The molecule has 1 saturated heterocycles. The first-order valence-electron chi connectivity index (χ1n) is 6.63. The summed E-state index contributed by atoms with van der Waals surface area (Å²) in [4.78, 5) is 24.5. The van der Waals surface area contributed by atoms with Crippen molar-refractivity contribution < 1.29 is 27.9 Å². The van der Waals surface area contributed by atoms with E-state index in [1.807, 2.05) is 0 Å². The molecule has 0 unspecified atom stereocenters. The molecule has 2 rings (SSSR count). The Kier molecular flexibility index (Phi) is 5.00. The highest BCUT2D eigenvalue weighted by atomic mass is 32.2. The van der Waals surface area contributed by atoms with E-state index in [1.165, 1.54) is 29.2 Å². The van der Waals surface area contributed by atoms with E-state index in [0.717, 1.165) is 0 Å². The van der Waals surface area contributed by atoms with Gasteiger partial charge in [-0.25, -0.2) is 4.79 Å². The number of benzene rings is 1. The van der Waals surface area contributed by atoms with E-state index in [2.05, 4.69) is 0 Å². The van der Waals surface area contributed by atoms with Crippen LogP contribution in [0.4, 0.5) is 13.2 Å². The van der Waals surface area contributed by atoms with Crippen molar-refractivity contribution in [3.05, 3.63) is 35.4 Å². The molecule has 0 atom stereocenters. The zero-order valence-electron chi connectivity index (χ0n) is 11.5. The van der Waals surface area contributed by atoms with Crippen molar-refractivity contribution in [2.24, 2.45) is 0 Å². The lowest BCUT2D eigenvalue weighted by atomic mass is 10.1. The number of carboxylic acids is 1. The van der Waals surface area contributed by atoms with Gasteiger partial charge in [0, 0.05) is 23.9 Å². The highest BCUT2D eigenvalue weighted by Crippen LogP contribution is 2.38. The summed E-state index contributed by atoms with van der Waals surface area (Å²) in [6, 6.07) is 5.51. The number of piperidine rings is 1. The molecule has 4 nitrogen and oxygen atoms in total. The first-order valence-corrected chi connectivity index (χ1v) is 7.51. The number of aromatic carboxylic acids is 1. The Morgan fingerprint density at radius 1 is 1.09 bits per heavy atom. The van der Waals surface area contributed by atoms with E-state index in [9.17, 15) is 22.8 Å². The molecule has 1 aliphatic heterocycles. The van der Waals surface area contributed by atoms with Gasteiger partial charge in [0.15, 0.2) is 0 Å². The SMILES string of the molecule is O=C(O)c1ccc(C(=O)N2CCC(SC(F)(F)F)CC2)cc1. The predicted octanol–water partition coefficient (Wildman–Crippen LogP) is 3.24. The molecule has 0 aliphatic carbocycles. The maximum atomic E-state index is 12.3. The van der Waals surface area contributed by atoms with Crippen LogP contribution in [0.15, 0.2) is 24.3 Å². The summed E-state index contributed by atoms with van der Waals surface area (Å²) < 4.78 is 36.9. The number of rotatable bonds is 3. The van der Waals surface area contributed by atoms with Crippen molar-refractivity contribution in [3.63, 3.8) is 0 Å². The lowest BCUT2D eigenvalue weighted by Crippen LogP contribution is -2.39. The third-order valence-corrected chi connectivity index (χ3v) is 4.48. The zero-order chi connectivity index (χ0) is 16.3. The van der Waals surface area contributed by atoms with Crippen LogP contribution in [0.3, 0.4) is 0 Å². The maximum Gasteiger partial charge on any atom is 0.442 e. The second-order valence-corrected chi connectivity index (χ2v) is 6.30. The van der Waals surface area contributed by atoms with Crippen LogP contribution in [0.1, 0.15) is 33.6 Å². The lowest BCUT2D eigenvalue weighted by Gasteiger charge is -2.32. The summed E-state index contributed by atoms with van der Waals surface area (Å²) >= 11 is -0.0108. The topological polar surface area (TPSA) is 57.6 Å². The minimum Gasteiger partial charge on any atom is -0.478 e. The summed E-state index contributed by atoms with van der Waals surface area (Å²) in [6.45, 7) is 0.542. The molecular formula is C14H14F3NO3S. The Morgan fingerprint density at radius 2 is 1.59 bits per heavy atom. The minimum atomic E-state index is -4.25. The van der Waals surface area contributed by atoms with E-state index >= 15 is 0 Å². The van der Waals surface area contributed by atoms with E-state index in [0.29, 0.717) is 18.4 Å². The third-order valence-electron chi connectivity index (χ3n) is 3.41. The molecule has 0 spiro atoms. The van der Waals surface area contributed by atoms with Crippen LogP contribution in [-0.2, 0) is 0 Å². The molecule has 1 heterocycles. The van der Waals surface area contributed by atoms with Gasteiger partial charge in [-0.3, -0.25) is 4.79 Å². The van der Waals surface area contributed by atoms with Gasteiger partial charge in [0.2, 0.25) is 0 Å². The van der Waals surface area contributed by atoms with E-state index in [4.69, 9.17) is 5.11 Å². The number of likely N-dealkylation sites (tertiary alicyclic amines) is 1. The van der Waals surface area contributed by atoms with Gasteiger partial charge in [0.1, 0.15) is 0 Å². The molecule has 0 bridgehead atoms. The van der Waals surface area contributed by atoms with Crippen LogP contribution in [0.25, 0.3) is 0 Å². The summed E-state index contributed by atoms with van der Waals surface area (Å²) in [5.74, 6) is -1.36. The molecular weight excluding hydrogens is 319 g/mol. The van der Waals surface area contributed by atoms with Gasteiger partial charge in [-0.1, -0.05) is 0 Å². The smallest absolute Gasteiger partial charge is 0.442 e. The second kappa shape index (κ2) is 6.60. The number of carbonyl (C=O) groups is 2. The lowest BCUT2D eigenvalue weighted by molar-refractivity contribution is -0.0336. The Balaban J connectivity index is 1.93. The molecule has 22 heavy (non-hydrogen) atoms. The summed E-state index contributed by atoms with van der Waals surface area (Å²) in [5.41, 5.74) is -3.83. The van der Waals surface area contributed by atoms with Crippen LogP contribution < -0.4 is 0 Å². The Labute approximate surface area is 129 Å². The first kappa shape index (κ1) is 16.7. The van der Waals surface area contributed by atoms with Crippen LogP contribution in [0, 0.1) is 0 Å². The van der Waals surface area contributed by atoms with Gasteiger partial charge < -0.3 is 10.0 Å². The number of hydrogen-bond donors (Lipinski definition) is 1. The minimum absolute atomic E-state index is 0.0108. The molecule has 1 amide bonds. The number of nitrogens with zero attached hydrogens (tertiary/aromatic N) is 1. The fourth-order valence-corrected chi connectivity index (χ4v) is 3.13. The largest absolute Gasteiger partial charge is 0.478 e. The number of carbonyl (C=O) groups excluding carboxylic acids is 1. The number of halogens is 3. The van der Waals surface area contributed by atoms with Crippen LogP contribution in [0.2, 0.25) is 0 Å². The fourth-order valence-electron chi connectivity index (χ4n) is 2.30. The number of amides is 1. The van der Waals surface area contributed by atoms with Gasteiger partial charge in [0.25, 0.3) is 5.91 Å². The molecule has 1 fully saturated rings. The Bertz CT molecular complexity index is 551. The molecule has 1 aromatic carbocycles. The average molecular weight is 333 g/mol. The molecule has 1 N–H and O–H groups in total. The van der Waals surface area contributed by atoms with Crippen LogP contribution >= 0.6 is 11.8 Å². The standard InChI is InChI=1S/C14H14F3NO3S/c15-14(16,17)22-11-5-7-18(8-6-11)12(19)9-1-3-10(4-2-9)13(20)21/h1-4,11H,5-8H2,(H,20,21). The van der Waals surface area contributed by atoms with Gasteiger partial charge in [0.05, 0.1) is 5.56 Å². The van der Waals surface area contributed by atoms with E-state index in [1.54, 1.807) is 0 Å². The normalized spacial score (nSPS) is 16.6. The molecule has 0 saturated carbocycles.